The minimum Gasteiger partial charge on any atom is -0.496 e. The zero-order valence-corrected chi connectivity index (χ0v) is 12.2. The predicted octanol–water partition coefficient (Wildman–Crippen LogP) is 2.74. The molecule has 0 radical (unpaired) electrons. The van der Waals surface area contributed by atoms with Gasteiger partial charge in [0.1, 0.15) is 5.75 Å². The largest absolute Gasteiger partial charge is 0.496 e. The van der Waals surface area contributed by atoms with Gasteiger partial charge in [0.2, 0.25) is 5.89 Å². The zero-order valence-electron chi connectivity index (χ0n) is 11.5. The highest BCUT2D eigenvalue weighted by atomic mass is 35.5. The first-order valence-corrected chi connectivity index (χ1v) is 6.60. The van der Waals surface area contributed by atoms with Crippen molar-refractivity contribution in [1.82, 2.24) is 10.3 Å². The molecule has 0 unspecified atom stereocenters. The van der Waals surface area contributed by atoms with Gasteiger partial charge in [0.25, 0.3) is 0 Å². The van der Waals surface area contributed by atoms with E-state index in [4.69, 9.17) is 25.5 Å². The predicted molar refractivity (Wildman–Crippen MR) is 77.1 cm³/mol. The second-order valence-corrected chi connectivity index (χ2v) is 4.57. The molecule has 2 aromatic rings. The molecule has 0 aliphatic rings. The standard InChI is InChI=1S/C14H17ClN2O3/c1-18-6-5-16-9-14-17-8-13(20-14)11-7-10(15)3-4-12(11)19-2/h3-4,7-8,16H,5-6,9H2,1-2H3. The van der Waals surface area contributed by atoms with Crippen LogP contribution in [-0.2, 0) is 11.3 Å². The van der Waals surface area contributed by atoms with E-state index in [0.717, 1.165) is 12.1 Å². The average Bonchev–Trinajstić information content (AvgIpc) is 2.92. The molecule has 108 valence electrons. The SMILES string of the molecule is COCCNCc1ncc(-c2cc(Cl)ccc2OC)o1. The van der Waals surface area contributed by atoms with Crippen LogP contribution in [0.3, 0.4) is 0 Å². The summed E-state index contributed by atoms with van der Waals surface area (Å²) in [6.07, 6.45) is 1.67. The summed E-state index contributed by atoms with van der Waals surface area (Å²) in [7, 11) is 3.27. The minimum atomic E-state index is 0.548. The van der Waals surface area contributed by atoms with Crippen LogP contribution >= 0.6 is 11.6 Å². The summed E-state index contributed by atoms with van der Waals surface area (Å²) in [6.45, 7) is 1.94. The Labute approximate surface area is 122 Å². The average molecular weight is 297 g/mol. The van der Waals surface area contributed by atoms with Crippen LogP contribution in [0.25, 0.3) is 11.3 Å². The van der Waals surface area contributed by atoms with Gasteiger partial charge in [-0.2, -0.15) is 0 Å². The minimum absolute atomic E-state index is 0.548. The van der Waals surface area contributed by atoms with Gasteiger partial charge in [0, 0.05) is 18.7 Å². The summed E-state index contributed by atoms with van der Waals surface area (Å²) in [5.41, 5.74) is 0.788. The molecule has 0 aliphatic heterocycles. The highest BCUT2D eigenvalue weighted by Gasteiger charge is 2.12. The van der Waals surface area contributed by atoms with Crippen LogP contribution in [0.4, 0.5) is 0 Å². The van der Waals surface area contributed by atoms with Crippen LogP contribution in [0, 0.1) is 0 Å². The Balaban J connectivity index is 2.10. The van der Waals surface area contributed by atoms with E-state index in [1.165, 1.54) is 0 Å². The molecular formula is C14H17ClN2O3. The number of hydrogen-bond acceptors (Lipinski definition) is 5. The van der Waals surface area contributed by atoms with E-state index in [2.05, 4.69) is 10.3 Å². The van der Waals surface area contributed by atoms with Crippen molar-refractivity contribution in [1.29, 1.82) is 0 Å². The summed E-state index contributed by atoms with van der Waals surface area (Å²) in [4.78, 5) is 4.23. The van der Waals surface area contributed by atoms with Crippen LogP contribution in [0.15, 0.2) is 28.8 Å². The molecule has 0 spiro atoms. The van der Waals surface area contributed by atoms with Crippen molar-refractivity contribution in [3.63, 3.8) is 0 Å². The Hall–Kier alpha value is -1.56. The Morgan fingerprint density at radius 2 is 2.20 bits per heavy atom. The van der Waals surface area contributed by atoms with Gasteiger partial charge in [0.15, 0.2) is 5.76 Å². The van der Waals surface area contributed by atoms with Gasteiger partial charge < -0.3 is 19.2 Å². The molecular weight excluding hydrogens is 280 g/mol. The maximum atomic E-state index is 6.00. The molecule has 0 atom stereocenters. The lowest BCUT2D eigenvalue weighted by atomic mass is 10.1. The van der Waals surface area contributed by atoms with Crippen molar-refractivity contribution < 1.29 is 13.9 Å². The lowest BCUT2D eigenvalue weighted by Crippen LogP contribution is -2.18. The quantitative estimate of drug-likeness (QED) is 0.796. The first-order chi connectivity index (χ1) is 9.74. The number of oxazole rings is 1. The number of benzene rings is 1. The fourth-order valence-electron chi connectivity index (χ4n) is 1.76. The topological polar surface area (TPSA) is 56.5 Å². The monoisotopic (exact) mass is 296 g/mol. The second kappa shape index (κ2) is 7.28. The number of aromatic nitrogens is 1. The molecule has 0 saturated carbocycles. The Kier molecular flexibility index (Phi) is 5.40. The van der Waals surface area contributed by atoms with Crippen LogP contribution in [-0.4, -0.2) is 32.4 Å². The smallest absolute Gasteiger partial charge is 0.208 e. The number of ether oxygens (including phenoxy) is 2. The van der Waals surface area contributed by atoms with Crippen molar-refractivity contribution in [2.45, 2.75) is 6.54 Å². The lowest BCUT2D eigenvalue weighted by Gasteiger charge is -2.06. The summed E-state index contributed by atoms with van der Waals surface area (Å²) in [6, 6.07) is 5.37. The summed E-state index contributed by atoms with van der Waals surface area (Å²) in [5, 5.41) is 3.79. The fraction of sp³-hybridized carbons (Fsp3) is 0.357. The molecule has 0 aliphatic carbocycles. The fourth-order valence-corrected chi connectivity index (χ4v) is 1.93. The molecule has 0 bridgehead atoms. The first kappa shape index (κ1) is 14.8. The van der Waals surface area contributed by atoms with Gasteiger partial charge in [-0.25, -0.2) is 4.98 Å². The Bertz CT molecular complexity index is 557. The van der Waals surface area contributed by atoms with Gasteiger partial charge in [0.05, 0.1) is 32.0 Å². The molecule has 1 N–H and O–H groups in total. The summed E-state index contributed by atoms with van der Waals surface area (Å²) < 4.78 is 15.9. The molecule has 1 aromatic heterocycles. The molecule has 0 amide bonds. The van der Waals surface area contributed by atoms with Crippen molar-refractivity contribution in [3.8, 4) is 17.1 Å². The number of nitrogens with one attached hydrogen (secondary N) is 1. The molecule has 0 saturated heterocycles. The highest BCUT2D eigenvalue weighted by molar-refractivity contribution is 6.30. The molecule has 0 fully saturated rings. The molecule has 6 heteroatoms. The Morgan fingerprint density at radius 1 is 1.35 bits per heavy atom. The van der Waals surface area contributed by atoms with E-state index >= 15 is 0 Å². The van der Waals surface area contributed by atoms with E-state index in [0.29, 0.717) is 35.6 Å². The third kappa shape index (κ3) is 3.72. The third-order valence-electron chi connectivity index (χ3n) is 2.74. The maximum absolute atomic E-state index is 6.00. The number of nitrogens with zero attached hydrogens (tertiary/aromatic N) is 1. The van der Waals surface area contributed by atoms with Crippen LogP contribution in [0.1, 0.15) is 5.89 Å². The van der Waals surface area contributed by atoms with Crippen molar-refractivity contribution in [2.24, 2.45) is 0 Å². The highest BCUT2D eigenvalue weighted by Crippen LogP contribution is 2.32. The molecule has 20 heavy (non-hydrogen) atoms. The number of hydrogen-bond donors (Lipinski definition) is 1. The van der Waals surface area contributed by atoms with Gasteiger partial charge >= 0.3 is 0 Å². The van der Waals surface area contributed by atoms with Gasteiger partial charge in [-0.1, -0.05) is 11.6 Å². The number of methoxy groups -OCH3 is 2. The van der Waals surface area contributed by atoms with Crippen LogP contribution in [0.5, 0.6) is 5.75 Å². The van der Waals surface area contributed by atoms with E-state index < -0.39 is 0 Å². The van der Waals surface area contributed by atoms with E-state index in [1.807, 2.05) is 0 Å². The number of rotatable bonds is 7. The first-order valence-electron chi connectivity index (χ1n) is 6.23. The Morgan fingerprint density at radius 3 is 2.95 bits per heavy atom. The molecule has 1 heterocycles. The van der Waals surface area contributed by atoms with E-state index in [-0.39, 0.29) is 0 Å². The van der Waals surface area contributed by atoms with Gasteiger partial charge in [-0.15, -0.1) is 0 Å². The van der Waals surface area contributed by atoms with E-state index in [9.17, 15) is 0 Å². The maximum Gasteiger partial charge on any atom is 0.208 e. The summed E-state index contributed by atoms with van der Waals surface area (Å²) in [5.74, 6) is 1.94. The van der Waals surface area contributed by atoms with E-state index in [1.54, 1.807) is 38.6 Å². The van der Waals surface area contributed by atoms with Gasteiger partial charge in [-0.05, 0) is 18.2 Å². The summed E-state index contributed by atoms with van der Waals surface area (Å²) >= 11 is 6.00. The van der Waals surface area contributed by atoms with Crippen LogP contribution in [0.2, 0.25) is 5.02 Å². The molecule has 5 nitrogen and oxygen atoms in total. The third-order valence-corrected chi connectivity index (χ3v) is 2.97. The van der Waals surface area contributed by atoms with Crippen molar-refractivity contribution in [3.05, 3.63) is 35.3 Å². The zero-order chi connectivity index (χ0) is 14.4. The molecule has 1 aromatic carbocycles. The second-order valence-electron chi connectivity index (χ2n) is 4.13. The van der Waals surface area contributed by atoms with Crippen molar-refractivity contribution in [2.75, 3.05) is 27.4 Å². The van der Waals surface area contributed by atoms with Crippen molar-refractivity contribution >= 4 is 11.6 Å². The normalized spacial score (nSPS) is 10.8. The lowest BCUT2D eigenvalue weighted by molar-refractivity contribution is 0.198. The number of halogens is 1. The van der Waals surface area contributed by atoms with Crippen LogP contribution < -0.4 is 10.1 Å². The molecule has 2 rings (SSSR count). The van der Waals surface area contributed by atoms with Gasteiger partial charge in [-0.3, -0.25) is 0 Å².